The number of hydrogen-bond acceptors (Lipinski definition) is 5. The number of hydrogen-bond donors (Lipinski definition) is 1. The Morgan fingerprint density at radius 2 is 1.76 bits per heavy atom. The Morgan fingerprint density at radius 1 is 1.03 bits per heavy atom. The normalized spacial score (nSPS) is 18.5. The van der Waals surface area contributed by atoms with E-state index in [2.05, 4.69) is 52.7 Å². The largest absolute Gasteiger partial charge is 0.379 e. The highest BCUT2D eigenvalue weighted by Crippen LogP contribution is 2.44. The molecule has 2 fully saturated rings. The third kappa shape index (κ3) is 5.62. The van der Waals surface area contributed by atoms with E-state index < -0.39 is 0 Å². The lowest BCUT2D eigenvalue weighted by molar-refractivity contribution is -0.123. The number of nitrogens with zero attached hydrogens (tertiary/aromatic N) is 2. The first-order valence-corrected chi connectivity index (χ1v) is 13.0. The van der Waals surface area contributed by atoms with Crippen LogP contribution in [0.1, 0.15) is 48.2 Å². The van der Waals surface area contributed by atoms with Gasteiger partial charge in [-0.2, -0.15) is 0 Å². The Bertz CT molecular complexity index is 1050. The van der Waals surface area contributed by atoms with Gasteiger partial charge in [-0.15, -0.1) is 11.3 Å². The number of para-hydroxylation sites is 1. The van der Waals surface area contributed by atoms with Gasteiger partial charge in [0.05, 0.1) is 28.4 Å². The highest BCUT2D eigenvalue weighted by atomic mass is 32.1. The van der Waals surface area contributed by atoms with Crippen molar-refractivity contribution in [1.29, 1.82) is 0 Å². The van der Waals surface area contributed by atoms with Crippen LogP contribution in [0, 0.1) is 5.41 Å². The maximum absolute atomic E-state index is 13.1. The molecule has 6 heteroatoms. The van der Waals surface area contributed by atoms with Gasteiger partial charge < -0.3 is 10.1 Å². The Labute approximate surface area is 200 Å². The second-order valence-corrected chi connectivity index (χ2v) is 10.7. The molecular formula is C27H33N3O2S. The van der Waals surface area contributed by atoms with Crippen molar-refractivity contribution in [3.05, 3.63) is 64.7 Å². The minimum Gasteiger partial charge on any atom is -0.379 e. The Morgan fingerprint density at radius 3 is 2.55 bits per heavy atom. The average molecular weight is 464 g/mol. The van der Waals surface area contributed by atoms with Gasteiger partial charge in [0, 0.05) is 39.0 Å². The van der Waals surface area contributed by atoms with Crippen LogP contribution in [0.15, 0.2) is 48.5 Å². The minimum atomic E-state index is 0.0469. The second-order valence-electron chi connectivity index (χ2n) is 9.57. The van der Waals surface area contributed by atoms with Crippen molar-refractivity contribution in [3.63, 3.8) is 0 Å². The molecule has 5 nitrogen and oxygen atoms in total. The van der Waals surface area contributed by atoms with E-state index >= 15 is 0 Å². The lowest BCUT2D eigenvalue weighted by atomic mass is 9.79. The molecule has 3 aromatic rings. The number of fused-ring (bicyclic) bond motifs is 1. The summed E-state index contributed by atoms with van der Waals surface area (Å²) in [7, 11) is 0. The van der Waals surface area contributed by atoms with Crippen LogP contribution >= 0.6 is 11.3 Å². The summed E-state index contributed by atoms with van der Waals surface area (Å²) in [5.74, 6) is 0.166. The fraction of sp³-hybridized carbons (Fsp3) is 0.481. The number of carbonyl (C=O) groups excluding carboxylic acids is 1. The molecule has 2 aromatic carbocycles. The minimum absolute atomic E-state index is 0.0469. The molecule has 0 unspecified atom stereocenters. The molecule has 1 N–H and O–H groups in total. The Balaban J connectivity index is 1.21. The van der Waals surface area contributed by atoms with Gasteiger partial charge >= 0.3 is 0 Å². The first-order valence-electron chi connectivity index (χ1n) is 12.2. The molecule has 0 spiro atoms. The van der Waals surface area contributed by atoms with Gasteiger partial charge in [-0.05, 0) is 41.5 Å². The molecule has 174 valence electrons. The zero-order valence-electron chi connectivity index (χ0n) is 19.2. The van der Waals surface area contributed by atoms with E-state index in [4.69, 9.17) is 9.72 Å². The van der Waals surface area contributed by atoms with Crippen molar-refractivity contribution in [1.82, 2.24) is 15.2 Å². The van der Waals surface area contributed by atoms with Crippen LogP contribution in [0.25, 0.3) is 10.2 Å². The number of aromatic nitrogens is 1. The molecule has 0 bridgehead atoms. The third-order valence-corrected chi connectivity index (χ3v) is 8.19. The fourth-order valence-electron chi connectivity index (χ4n) is 5.34. The molecule has 1 aromatic heterocycles. The molecule has 2 aliphatic rings. The smallest absolute Gasteiger partial charge is 0.220 e. The van der Waals surface area contributed by atoms with Crippen molar-refractivity contribution in [3.8, 4) is 0 Å². The number of amides is 1. The number of nitrogens with one attached hydrogen (secondary N) is 1. The summed E-state index contributed by atoms with van der Waals surface area (Å²) in [5.41, 5.74) is 3.63. The number of ether oxygens (including phenoxy) is 1. The lowest BCUT2D eigenvalue weighted by Gasteiger charge is -2.28. The summed E-state index contributed by atoms with van der Waals surface area (Å²) < 4.78 is 6.71. The van der Waals surface area contributed by atoms with Gasteiger partial charge in [0.2, 0.25) is 5.91 Å². The maximum atomic E-state index is 13.1. The van der Waals surface area contributed by atoms with E-state index in [1.54, 1.807) is 11.3 Å². The van der Waals surface area contributed by atoms with Gasteiger partial charge in [0.25, 0.3) is 0 Å². The predicted octanol–water partition coefficient (Wildman–Crippen LogP) is 4.94. The molecule has 1 saturated heterocycles. The molecular weight excluding hydrogens is 430 g/mol. The topological polar surface area (TPSA) is 54.5 Å². The fourth-order valence-corrected chi connectivity index (χ4v) is 6.48. The molecule has 1 aliphatic heterocycles. The number of rotatable bonds is 8. The summed E-state index contributed by atoms with van der Waals surface area (Å²) >= 11 is 1.78. The molecule has 0 atom stereocenters. The summed E-state index contributed by atoms with van der Waals surface area (Å²) in [5, 5.41) is 4.41. The quantitative estimate of drug-likeness (QED) is 0.514. The SMILES string of the molecule is O=C(CC1(Cc2nc3ccccc3s2)CCCC1)NCc1ccccc1CN1CCOCC1. The average Bonchev–Trinajstić information content (AvgIpc) is 3.45. The van der Waals surface area contributed by atoms with E-state index in [-0.39, 0.29) is 11.3 Å². The molecule has 1 aliphatic carbocycles. The van der Waals surface area contributed by atoms with Gasteiger partial charge in [-0.3, -0.25) is 9.69 Å². The molecule has 0 radical (unpaired) electrons. The van der Waals surface area contributed by atoms with Crippen LogP contribution in [-0.2, 0) is 29.0 Å². The number of benzene rings is 2. The Hall–Kier alpha value is -2.28. The maximum Gasteiger partial charge on any atom is 0.220 e. The predicted molar refractivity (Wildman–Crippen MR) is 133 cm³/mol. The van der Waals surface area contributed by atoms with Crippen LogP contribution in [0.3, 0.4) is 0 Å². The van der Waals surface area contributed by atoms with Crippen LogP contribution in [0.2, 0.25) is 0 Å². The van der Waals surface area contributed by atoms with Crippen LogP contribution in [0.4, 0.5) is 0 Å². The van der Waals surface area contributed by atoms with Crippen molar-refractivity contribution in [2.75, 3.05) is 26.3 Å². The monoisotopic (exact) mass is 463 g/mol. The first kappa shape index (κ1) is 22.5. The van der Waals surface area contributed by atoms with Crippen LogP contribution < -0.4 is 5.32 Å². The highest BCUT2D eigenvalue weighted by molar-refractivity contribution is 7.18. The summed E-state index contributed by atoms with van der Waals surface area (Å²) in [6.45, 7) is 5.04. The molecule has 33 heavy (non-hydrogen) atoms. The van der Waals surface area contributed by atoms with E-state index in [1.165, 1.54) is 33.7 Å². The molecule has 1 amide bonds. The van der Waals surface area contributed by atoms with Crippen molar-refractivity contribution in [2.24, 2.45) is 5.41 Å². The van der Waals surface area contributed by atoms with Crippen molar-refractivity contribution >= 4 is 27.5 Å². The summed E-state index contributed by atoms with van der Waals surface area (Å²) in [4.78, 5) is 20.4. The third-order valence-electron chi connectivity index (χ3n) is 7.16. The molecule has 2 heterocycles. The lowest BCUT2D eigenvalue weighted by Crippen LogP contribution is -2.36. The van der Waals surface area contributed by atoms with Gasteiger partial charge in [0.1, 0.15) is 0 Å². The van der Waals surface area contributed by atoms with Crippen molar-refractivity contribution in [2.45, 2.75) is 51.6 Å². The van der Waals surface area contributed by atoms with E-state index in [1.807, 2.05) is 6.07 Å². The van der Waals surface area contributed by atoms with E-state index in [0.717, 1.165) is 57.6 Å². The zero-order valence-corrected chi connectivity index (χ0v) is 20.0. The van der Waals surface area contributed by atoms with Gasteiger partial charge in [-0.1, -0.05) is 49.2 Å². The van der Waals surface area contributed by atoms with Crippen LogP contribution in [0.5, 0.6) is 0 Å². The number of carbonyl (C=O) groups is 1. The standard InChI is InChI=1S/C27H33N3O2S/c31-25(28-19-21-7-1-2-8-22(21)20-30-13-15-32-16-14-30)17-27(11-5-6-12-27)18-26-29-23-9-3-4-10-24(23)33-26/h1-4,7-10H,5-6,11-20H2,(H,28,31). The number of morpholine rings is 1. The Kier molecular flexibility index (Phi) is 7.04. The van der Waals surface area contributed by atoms with Gasteiger partial charge in [-0.25, -0.2) is 4.98 Å². The summed E-state index contributed by atoms with van der Waals surface area (Å²) in [6.07, 6.45) is 6.15. The van der Waals surface area contributed by atoms with Crippen molar-refractivity contribution < 1.29 is 9.53 Å². The van der Waals surface area contributed by atoms with Gasteiger partial charge in [0.15, 0.2) is 0 Å². The van der Waals surface area contributed by atoms with Crippen LogP contribution in [-0.4, -0.2) is 42.1 Å². The molecule has 1 saturated carbocycles. The highest BCUT2D eigenvalue weighted by Gasteiger charge is 2.37. The first-order chi connectivity index (χ1) is 16.2. The number of thiazole rings is 1. The zero-order chi connectivity index (χ0) is 22.5. The van der Waals surface area contributed by atoms with E-state index in [0.29, 0.717) is 13.0 Å². The van der Waals surface area contributed by atoms with E-state index in [9.17, 15) is 4.79 Å². The second kappa shape index (κ2) is 10.3. The summed E-state index contributed by atoms with van der Waals surface area (Å²) in [6, 6.07) is 16.8. The molecule has 5 rings (SSSR count).